The Balaban J connectivity index is 1.53. The molecule has 5 rings (SSSR count). The molecule has 3 saturated heterocycles. The van der Waals surface area contributed by atoms with Crippen LogP contribution in [0.15, 0.2) is 28.7 Å². The average molecular weight is 285 g/mol. The lowest BCUT2D eigenvalue weighted by molar-refractivity contribution is 0.0607. The second-order valence-corrected chi connectivity index (χ2v) is 6.13. The third-order valence-electron chi connectivity index (χ3n) is 4.74. The molecule has 3 aliphatic heterocycles. The number of furan rings is 1. The van der Waals surface area contributed by atoms with Crippen molar-refractivity contribution >= 4 is 22.6 Å². The normalized spacial score (nSPS) is 27.9. The summed E-state index contributed by atoms with van der Waals surface area (Å²) in [5, 5.41) is 4.01. The molecule has 3 N–H and O–H groups in total. The van der Waals surface area contributed by atoms with Gasteiger partial charge in [0, 0.05) is 23.7 Å². The molecule has 1 amide bonds. The van der Waals surface area contributed by atoms with Gasteiger partial charge in [-0.15, -0.1) is 0 Å². The molecule has 110 valence electrons. The molecule has 21 heavy (non-hydrogen) atoms. The van der Waals surface area contributed by atoms with Crippen LogP contribution in [0.3, 0.4) is 0 Å². The smallest absolute Gasteiger partial charge is 0.287 e. The Hall–Kier alpha value is -2.01. The molecule has 0 saturated carbocycles. The van der Waals surface area contributed by atoms with E-state index in [1.54, 1.807) is 18.2 Å². The molecular formula is C16H19N3O2. The molecular weight excluding hydrogens is 266 g/mol. The number of hydrogen-bond donors (Lipinski definition) is 2. The van der Waals surface area contributed by atoms with Crippen molar-refractivity contribution in [2.45, 2.75) is 18.9 Å². The number of carbonyl (C=O) groups excluding carboxylic acids is 1. The molecule has 3 aliphatic rings. The second kappa shape index (κ2) is 4.77. The number of nitrogen functional groups attached to an aromatic ring is 1. The first-order valence-electron chi connectivity index (χ1n) is 7.51. The Labute approximate surface area is 123 Å². The Bertz CT molecular complexity index is 686. The van der Waals surface area contributed by atoms with E-state index in [4.69, 9.17) is 10.2 Å². The van der Waals surface area contributed by atoms with Crippen molar-refractivity contribution in [1.82, 2.24) is 10.2 Å². The standard InChI is InChI=1S/C16H19N3O2/c17-12-1-2-14-11(7-12)8-15(21-14)16(20)18-13-9-19-5-3-10(13)4-6-19/h1-2,7-8,10,13H,3-6,9,17H2,(H,18,20). The van der Waals surface area contributed by atoms with Gasteiger partial charge in [0.05, 0.1) is 0 Å². The fourth-order valence-electron chi connectivity index (χ4n) is 3.54. The largest absolute Gasteiger partial charge is 0.451 e. The third-order valence-corrected chi connectivity index (χ3v) is 4.74. The van der Waals surface area contributed by atoms with E-state index in [0.717, 1.165) is 11.9 Å². The van der Waals surface area contributed by atoms with Gasteiger partial charge in [-0.1, -0.05) is 0 Å². The molecule has 5 heteroatoms. The van der Waals surface area contributed by atoms with Gasteiger partial charge in [0.15, 0.2) is 5.76 Å². The summed E-state index contributed by atoms with van der Waals surface area (Å²) < 4.78 is 5.63. The van der Waals surface area contributed by atoms with E-state index in [1.807, 2.05) is 6.07 Å². The van der Waals surface area contributed by atoms with Gasteiger partial charge in [-0.2, -0.15) is 0 Å². The fraction of sp³-hybridized carbons (Fsp3) is 0.438. The SMILES string of the molecule is Nc1ccc2oc(C(=O)NC3CN4CCC3CC4)cc2c1. The van der Waals surface area contributed by atoms with E-state index < -0.39 is 0 Å². The quantitative estimate of drug-likeness (QED) is 0.826. The zero-order valence-electron chi connectivity index (χ0n) is 11.8. The molecule has 4 heterocycles. The number of fused-ring (bicyclic) bond motifs is 4. The van der Waals surface area contributed by atoms with Gasteiger partial charge in [-0.25, -0.2) is 0 Å². The van der Waals surface area contributed by atoms with Crippen LogP contribution < -0.4 is 11.1 Å². The van der Waals surface area contributed by atoms with Crippen LogP contribution in [0.2, 0.25) is 0 Å². The van der Waals surface area contributed by atoms with E-state index in [0.29, 0.717) is 22.9 Å². The number of amides is 1. The topological polar surface area (TPSA) is 71.5 Å². The summed E-state index contributed by atoms with van der Waals surface area (Å²) in [4.78, 5) is 14.8. The van der Waals surface area contributed by atoms with Crippen LogP contribution in [0.1, 0.15) is 23.4 Å². The Kier molecular flexibility index (Phi) is 2.89. The number of nitrogens with zero attached hydrogens (tertiary/aromatic N) is 1. The zero-order valence-corrected chi connectivity index (χ0v) is 11.8. The van der Waals surface area contributed by atoms with Gasteiger partial charge in [0.2, 0.25) is 0 Å². The van der Waals surface area contributed by atoms with Crippen LogP contribution in [-0.4, -0.2) is 36.5 Å². The molecule has 2 aromatic rings. The van der Waals surface area contributed by atoms with Crippen molar-refractivity contribution in [3.05, 3.63) is 30.0 Å². The van der Waals surface area contributed by atoms with Gasteiger partial charge >= 0.3 is 0 Å². The summed E-state index contributed by atoms with van der Waals surface area (Å²) >= 11 is 0. The summed E-state index contributed by atoms with van der Waals surface area (Å²) in [6, 6.07) is 7.42. The molecule has 5 nitrogen and oxygen atoms in total. The van der Waals surface area contributed by atoms with Gasteiger partial charge < -0.3 is 20.4 Å². The molecule has 0 aliphatic carbocycles. The molecule has 1 atom stereocenters. The number of piperidine rings is 3. The molecule has 1 aromatic heterocycles. The third kappa shape index (κ3) is 2.27. The first-order chi connectivity index (χ1) is 10.2. The number of nitrogens with two attached hydrogens (primary N) is 1. The summed E-state index contributed by atoms with van der Waals surface area (Å²) in [5.41, 5.74) is 7.12. The highest BCUT2D eigenvalue weighted by molar-refractivity contribution is 5.96. The maximum absolute atomic E-state index is 12.4. The van der Waals surface area contributed by atoms with Gasteiger partial charge in [-0.3, -0.25) is 4.79 Å². The predicted molar refractivity (Wildman–Crippen MR) is 81.0 cm³/mol. The lowest BCUT2D eigenvalue weighted by Gasteiger charge is -2.44. The van der Waals surface area contributed by atoms with Crippen molar-refractivity contribution < 1.29 is 9.21 Å². The minimum absolute atomic E-state index is 0.122. The average Bonchev–Trinajstić information content (AvgIpc) is 2.91. The highest BCUT2D eigenvalue weighted by Crippen LogP contribution is 2.28. The number of benzene rings is 1. The van der Waals surface area contributed by atoms with Gasteiger partial charge in [-0.05, 0) is 56.1 Å². The maximum atomic E-state index is 12.4. The number of carbonyl (C=O) groups is 1. The van der Waals surface area contributed by atoms with E-state index in [9.17, 15) is 4.79 Å². The molecule has 0 radical (unpaired) electrons. The summed E-state index contributed by atoms with van der Waals surface area (Å²) in [6.45, 7) is 3.30. The maximum Gasteiger partial charge on any atom is 0.287 e. The van der Waals surface area contributed by atoms with Crippen molar-refractivity contribution in [3.63, 3.8) is 0 Å². The van der Waals surface area contributed by atoms with Crippen LogP contribution in [0, 0.1) is 5.92 Å². The Morgan fingerprint density at radius 2 is 2.10 bits per heavy atom. The second-order valence-electron chi connectivity index (χ2n) is 6.13. The Morgan fingerprint density at radius 1 is 1.29 bits per heavy atom. The van der Waals surface area contributed by atoms with Crippen LogP contribution in [-0.2, 0) is 0 Å². The molecule has 2 bridgehead atoms. The zero-order chi connectivity index (χ0) is 14.4. The molecule has 3 fully saturated rings. The van der Waals surface area contributed by atoms with Crippen LogP contribution >= 0.6 is 0 Å². The summed E-state index contributed by atoms with van der Waals surface area (Å²) in [7, 11) is 0. The van der Waals surface area contributed by atoms with Gasteiger partial charge in [0.25, 0.3) is 5.91 Å². The molecule has 1 unspecified atom stereocenters. The van der Waals surface area contributed by atoms with Gasteiger partial charge in [0.1, 0.15) is 5.58 Å². The highest BCUT2D eigenvalue weighted by atomic mass is 16.3. The number of anilines is 1. The molecule has 1 aromatic carbocycles. The Morgan fingerprint density at radius 3 is 2.81 bits per heavy atom. The summed E-state index contributed by atoms with van der Waals surface area (Å²) in [6.07, 6.45) is 2.36. The highest BCUT2D eigenvalue weighted by Gasteiger charge is 2.35. The number of nitrogens with one attached hydrogen (secondary N) is 1. The van der Waals surface area contributed by atoms with Crippen molar-refractivity contribution in [3.8, 4) is 0 Å². The van der Waals surface area contributed by atoms with Crippen molar-refractivity contribution in [1.29, 1.82) is 0 Å². The van der Waals surface area contributed by atoms with E-state index in [2.05, 4.69) is 10.2 Å². The minimum Gasteiger partial charge on any atom is -0.451 e. The van der Waals surface area contributed by atoms with Crippen molar-refractivity contribution in [2.24, 2.45) is 5.92 Å². The van der Waals surface area contributed by atoms with Crippen molar-refractivity contribution in [2.75, 3.05) is 25.4 Å². The summed E-state index contributed by atoms with van der Waals surface area (Å²) in [5.74, 6) is 0.856. The van der Waals surface area contributed by atoms with Crippen LogP contribution in [0.4, 0.5) is 5.69 Å². The molecule has 0 spiro atoms. The monoisotopic (exact) mass is 285 g/mol. The number of rotatable bonds is 2. The first kappa shape index (κ1) is 12.7. The fourth-order valence-corrected chi connectivity index (χ4v) is 3.54. The minimum atomic E-state index is -0.122. The van der Waals surface area contributed by atoms with E-state index >= 15 is 0 Å². The van der Waals surface area contributed by atoms with E-state index in [-0.39, 0.29) is 11.9 Å². The van der Waals surface area contributed by atoms with E-state index in [1.165, 1.54) is 25.9 Å². The first-order valence-corrected chi connectivity index (χ1v) is 7.51. The lowest BCUT2D eigenvalue weighted by Crippen LogP contribution is -2.57. The van der Waals surface area contributed by atoms with Crippen LogP contribution in [0.5, 0.6) is 0 Å². The number of hydrogen-bond acceptors (Lipinski definition) is 4. The predicted octanol–water partition coefficient (Wildman–Crippen LogP) is 1.84. The lowest BCUT2D eigenvalue weighted by atomic mass is 9.84. The van der Waals surface area contributed by atoms with Crippen LogP contribution in [0.25, 0.3) is 11.0 Å².